The molecule has 2 aliphatic heterocycles. The highest BCUT2D eigenvalue weighted by Crippen LogP contribution is 2.22. The van der Waals surface area contributed by atoms with Gasteiger partial charge in [-0.1, -0.05) is 6.42 Å². The third kappa shape index (κ3) is 4.66. The SMILES string of the molecule is COC(=O)CCCS(=O)(=O)N1CCC(N2CCCCC2)C1. The van der Waals surface area contributed by atoms with E-state index in [2.05, 4.69) is 9.64 Å². The van der Waals surface area contributed by atoms with Gasteiger partial charge in [0.1, 0.15) is 0 Å². The first kappa shape index (κ1) is 16.7. The molecule has 2 heterocycles. The fourth-order valence-electron chi connectivity index (χ4n) is 3.17. The normalized spacial score (nSPS) is 25.1. The molecule has 0 aliphatic carbocycles. The number of esters is 1. The third-order valence-electron chi connectivity index (χ3n) is 4.44. The van der Waals surface area contributed by atoms with Crippen molar-refractivity contribution in [2.45, 2.75) is 44.6 Å². The third-order valence-corrected chi connectivity index (χ3v) is 6.36. The zero-order valence-electron chi connectivity index (χ0n) is 12.8. The number of methoxy groups -OCH3 is 1. The second-order valence-corrected chi connectivity index (χ2v) is 7.98. The Morgan fingerprint density at radius 3 is 2.57 bits per heavy atom. The number of hydrogen-bond acceptors (Lipinski definition) is 5. The molecule has 0 saturated carbocycles. The summed E-state index contributed by atoms with van der Waals surface area (Å²) in [7, 11) is -1.92. The standard InChI is InChI=1S/C14H26N2O4S/c1-20-14(17)6-5-11-21(18,19)16-10-7-13(12-16)15-8-3-2-4-9-15/h13H,2-12H2,1H3. The van der Waals surface area contributed by atoms with Crippen LogP contribution in [0.3, 0.4) is 0 Å². The lowest BCUT2D eigenvalue weighted by Gasteiger charge is -2.32. The molecule has 2 fully saturated rings. The molecule has 1 atom stereocenters. The molecule has 0 radical (unpaired) electrons. The van der Waals surface area contributed by atoms with E-state index in [9.17, 15) is 13.2 Å². The Balaban J connectivity index is 1.80. The lowest BCUT2D eigenvalue weighted by Crippen LogP contribution is -2.42. The zero-order chi connectivity index (χ0) is 15.3. The van der Waals surface area contributed by atoms with Crippen molar-refractivity contribution in [3.63, 3.8) is 0 Å². The fraction of sp³-hybridized carbons (Fsp3) is 0.929. The van der Waals surface area contributed by atoms with Gasteiger partial charge in [0.05, 0.1) is 12.9 Å². The van der Waals surface area contributed by atoms with Crippen LogP contribution in [0.15, 0.2) is 0 Å². The Bertz CT molecular complexity index is 446. The van der Waals surface area contributed by atoms with E-state index >= 15 is 0 Å². The van der Waals surface area contributed by atoms with Gasteiger partial charge in [-0.25, -0.2) is 12.7 Å². The van der Waals surface area contributed by atoms with E-state index in [4.69, 9.17) is 0 Å². The molecule has 0 amide bonds. The molecule has 0 N–H and O–H groups in total. The van der Waals surface area contributed by atoms with Crippen LogP contribution in [0.4, 0.5) is 0 Å². The van der Waals surface area contributed by atoms with Crippen LogP contribution in [-0.4, -0.2) is 68.7 Å². The highest BCUT2D eigenvalue weighted by Gasteiger charge is 2.34. The molecule has 0 aromatic carbocycles. The van der Waals surface area contributed by atoms with Gasteiger partial charge in [-0.05, 0) is 38.8 Å². The van der Waals surface area contributed by atoms with Gasteiger partial charge in [-0.15, -0.1) is 0 Å². The van der Waals surface area contributed by atoms with Gasteiger partial charge in [-0.3, -0.25) is 9.69 Å². The molecule has 2 saturated heterocycles. The Hall–Kier alpha value is -0.660. The van der Waals surface area contributed by atoms with Crippen LogP contribution in [0.25, 0.3) is 0 Å². The van der Waals surface area contributed by atoms with Crippen LogP contribution >= 0.6 is 0 Å². The van der Waals surface area contributed by atoms with E-state index in [0.717, 1.165) is 19.5 Å². The van der Waals surface area contributed by atoms with E-state index in [-0.39, 0.29) is 18.1 Å². The van der Waals surface area contributed by atoms with E-state index in [1.165, 1.54) is 26.4 Å². The van der Waals surface area contributed by atoms with Crippen LogP contribution in [-0.2, 0) is 19.6 Å². The summed E-state index contributed by atoms with van der Waals surface area (Å²) >= 11 is 0. The minimum absolute atomic E-state index is 0.0365. The van der Waals surface area contributed by atoms with Gasteiger partial charge in [0, 0.05) is 25.6 Å². The average molecular weight is 318 g/mol. The molecule has 2 rings (SSSR count). The predicted molar refractivity (Wildman–Crippen MR) is 80.4 cm³/mol. The van der Waals surface area contributed by atoms with Crippen molar-refractivity contribution in [1.29, 1.82) is 0 Å². The summed E-state index contributed by atoms with van der Waals surface area (Å²) in [6.07, 6.45) is 5.17. The first-order valence-corrected chi connectivity index (χ1v) is 9.42. The van der Waals surface area contributed by atoms with Gasteiger partial charge < -0.3 is 4.74 Å². The molecule has 122 valence electrons. The molecule has 0 aromatic rings. The van der Waals surface area contributed by atoms with E-state index in [1.54, 1.807) is 4.31 Å². The Labute approximate surface area is 127 Å². The van der Waals surface area contributed by atoms with Crippen molar-refractivity contribution < 1.29 is 17.9 Å². The molecule has 1 unspecified atom stereocenters. The van der Waals surface area contributed by atoms with Crippen molar-refractivity contribution in [3.8, 4) is 0 Å². The number of rotatable bonds is 6. The van der Waals surface area contributed by atoms with Crippen LogP contribution in [0.1, 0.15) is 38.5 Å². The molecule has 0 bridgehead atoms. The second-order valence-electron chi connectivity index (χ2n) is 5.89. The van der Waals surface area contributed by atoms with Crippen molar-refractivity contribution in [2.24, 2.45) is 0 Å². The number of hydrogen-bond donors (Lipinski definition) is 0. The van der Waals surface area contributed by atoms with Gasteiger partial charge >= 0.3 is 5.97 Å². The highest BCUT2D eigenvalue weighted by atomic mass is 32.2. The smallest absolute Gasteiger partial charge is 0.305 e. The van der Waals surface area contributed by atoms with E-state index < -0.39 is 10.0 Å². The minimum atomic E-state index is -3.24. The second kappa shape index (κ2) is 7.56. The summed E-state index contributed by atoms with van der Waals surface area (Å²) in [5.41, 5.74) is 0. The monoisotopic (exact) mass is 318 g/mol. The first-order chi connectivity index (χ1) is 10.0. The van der Waals surface area contributed by atoms with Crippen LogP contribution in [0, 0.1) is 0 Å². The maximum Gasteiger partial charge on any atom is 0.305 e. The summed E-state index contributed by atoms with van der Waals surface area (Å²) in [4.78, 5) is 13.5. The largest absolute Gasteiger partial charge is 0.469 e. The van der Waals surface area contributed by atoms with Crippen molar-refractivity contribution in [2.75, 3.05) is 39.0 Å². The van der Waals surface area contributed by atoms with Crippen LogP contribution in [0.2, 0.25) is 0 Å². The topological polar surface area (TPSA) is 66.9 Å². The molecular formula is C14H26N2O4S. The Kier molecular flexibility index (Phi) is 6.01. The van der Waals surface area contributed by atoms with Crippen molar-refractivity contribution >= 4 is 16.0 Å². The number of carbonyl (C=O) groups is 1. The molecule has 0 aromatic heterocycles. The number of piperidine rings is 1. The zero-order valence-corrected chi connectivity index (χ0v) is 13.6. The summed E-state index contributed by atoms with van der Waals surface area (Å²) in [6.45, 7) is 3.42. The van der Waals surface area contributed by atoms with Gasteiger partial charge in [-0.2, -0.15) is 0 Å². The lowest BCUT2D eigenvalue weighted by molar-refractivity contribution is -0.140. The highest BCUT2D eigenvalue weighted by molar-refractivity contribution is 7.89. The summed E-state index contributed by atoms with van der Waals surface area (Å²) in [6, 6.07) is 0.376. The van der Waals surface area contributed by atoms with Crippen LogP contribution < -0.4 is 0 Å². The quantitative estimate of drug-likeness (QED) is 0.679. The molecule has 6 nitrogen and oxygen atoms in total. The van der Waals surface area contributed by atoms with Gasteiger partial charge in [0.2, 0.25) is 10.0 Å². The predicted octanol–water partition coefficient (Wildman–Crippen LogP) is 0.830. The number of sulfonamides is 1. The number of nitrogens with zero attached hydrogens (tertiary/aromatic N) is 2. The number of likely N-dealkylation sites (tertiary alicyclic amines) is 1. The summed E-state index contributed by atoms with van der Waals surface area (Å²) < 4.78 is 30.7. The molecular weight excluding hydrogens is 292 g/mol. The number of carbonyl (C=O) groups excluding carboxylic acids is 1. The summed E-state index contributed by atoms with van der Waals surface area (Å²) in [5.74, 6) is -0.313. The van der Waals surface area contributed by atoms with Gasteiger partial charge in [0.25, 0.3) is 0 Å². The van der Waals surface area contributed by atoms with E-state index in [0.29, 0.717) is 25.6 Å². The first-order valence-electron chi connectivity index (χ1n) is 7.81. The molecule has 21 heavy (non-hydrogen) atoms. The molecule has 0 spiro atoms. The van der Waals surface area contributed by atoms with E-state index in [1.807, 2.05) is 0 Å². The molecule has 7 heteroatoms. The summed E-state index contributed by atoms with van der Waals surface area (Å²) in [5, 5.41) is 0. The number of ether oxygens (including phenoxy) is 1. The average Bonchev–Trinajstić information content (AvgIpc) is 2.98. The van der Waals surface area contributed by atoms with Crippen LogP contribution in [0.5, 0.6) is 0 Å². The lowest BCUT2D eigenvalue weighted by atomic mass is 10.1. The maximum absolute atomic E-state index is 12.3. The Morgan fingerprint density at radius 2 is 1.90 bits per heavy atom. The Morgan fingerprint density at radius 1 is 1.19 bits per heavy atom. The maximum atomic E-state index is 12.3. The van der Waals surface area contributed by atoms with Crippen molar-refractivity contribution in [1.82, 2.24) is 9.21 Å². The van der Waals surface area contributed by atoms with Crippen molar-refractivity contribution in [3.05, 3.63) is 0 Å². The minimum Gasteiger partial charge on any atom is -0.469 e. The molecule has 2 aliphatic rings. The van der Waals surface area contributed by atoms with Gasteiger partial charge in [0.15, 0.2) is 0 Å². The fourth-order valence-corrected chi connectivity index (χ4v) is 4.73.